The lowest BCUT2D eigenvalue weighted by Crippen LogP contribution is -2.18. The van der Waals surface area contributed by atoms with Gasteiger partial charge in [-0.15, -0.1) is 0 Å². The number of rotatable bonds is 3. The van der Waals surface area contributed by atoms with E-state index in [2.05, 4.69) is 188 Å². The third-order valence-electron chi connectivity index (χ3n) is 12.7. The van der Waals surface area contributed by atoms with Gasteiger partial charge in [0.15, 0.2) is 0 Å². The molecule has 0 unspecified atom stereocenters. The lowest BCUT2D eigenvalue weighted by Gasteiger charge is -2.32. The van der Waals surface area contributed by atoms with Gasteiger partial charge in [0, 0.05) is 27.6 Å². The quantitative estimate of drug-likeness (QED) is 0.168. The van der Waals surface area contributed by atoms with E-state index in [9.17, 15) is 0 Å². The molecule has 258 valence electrons. The Labute approximate surface area is 313 Å². The van der Waals surface area contributed by atoms with Crippen molar-refractivity contribution in [2.24, 2.45) is 0 Å². The molecule has 2 aliphatic carbocycles. The molecule has 8 aromatic carbocycles. The molecule has 0 aliphatic heterocycles. The van der Waals surface area contributed by atoms with Gasteiger partial charge in [-0.3, -0.25) is 0 Å². The molecule has 0 bridgehead atoms. The molecule has 0 amide bonds. The maximum absolute atomic E-state index is 2.57. The molecule has 0 saturated carbocycles. The summed E-state index contributed by atoms with van der Waals surface area (Å²) in [4.78, 5) is 2.53. The van der Waals surface area contributed by atoms with Crippen LogP contribution in [0.5, 0.6) is 0 Å². The van der Waals surface area contributed by atoms with E-state index in [-0.39, 0.29) is 10.8 Å². The van der Waals surface area contributed by atoms with Crippen molar-refractivity contribution in [1.82, 2.24) is 0 Å². The van der Waals surface area contributed by atoms with E-state index in [0.29, 0.717) is 0 Å². The van der Waals surface area contributed by atoms with Crippen LogP contribution >= 0.6 is 0 Å². The van der Waals surface area contributed by atoms with Gasteiger partial charge in [0.2, 0.25) is 0 Å². The Morgan fingerprint density at radius 1 is 0.377 bits per heavy atom. The van der Waals surface area contributed by atoms with Crippen LogP contribution < -0.4 is 4.90 Å². The summed E-state index contributed by atoms with van der Waals surface area (Å²) in [5.74, 6) is 0. The molecule has 0 N–H and O–H groups in total. The third-order valence-corrected chi connectivity index (χ3v) is 12.7. The van der Waals surface area contributed by atoms with Crippen LogP contribution in [0.25, 0.3) is 54.6 Å². The summed E-state index contributed by atoms with van der Waals surface area (Å²) >= 11 is 0. The van der Waals surface area contributed by atoms with Crippen molar-refractivity contribution in [1.29, 1.82) is 0 Å². The van der Waals surface area contributed by atoms with Gasteiger partial charge in [-0.05, 0) is 165 Å². The highest BCUT2D eigenvalue weighted by molar-refractivity contribution is 6.11. The Kier molecular flexibility index (Phi) is 6.61. The van der Waals surface area contributed by atoms with Crippen LogP contribution in [0.1, 0.15) is 72.2 Å². The average molecular weight is 684 g/mol. The number of hydrogen-bond acceptors (Lipinski definition) is 1. The summed E-state index contributed by atoms with van der Waals surface area (Å²) in [6, 6.07) is 48.9. The molecule has 0 saturated heterocycles. The molecule has 53 heavy (non-hydrogen) atoms. The second-order valence-corrected chi connectivity index (χ2v) is 16.9. The Morgan fingerprint density at radius 3 is 1.49 bits per heavy atom. The second-order valence-electron chi connectivity index (χ2n) is 16.9. The molecule has 0 heterocycles. The van der Waals surface area contributed by atoms with Gasteiger partial charge in [-0.25, -0.2) is 0 Å². The zero-order valence-electron chi connectivity index (χ0n) is 32.1. The molecule has 0 radical (unpaired) electrons. The van der Waals surface area contributed by atoms with Crippen molar-refractivity contribution in [3.8, 4) is 22.3 Å². The smallest absolute Gasteiger partial charge is 0.0543 e. The van der Waals surface area contributed by atoms with Gasteiger partial charge in [-0.1, -0.05) is 112 Å². The molecule has 0 atom stereocenters. The molecule has 1 heteroatoms. The molecule has 10 rings (SSSR count). The minimum absolute atomic E-state index is 0.120. The first-order valence-electron chi connectivity index (χ1n) is 19.1. The zero-order chi connectivity index (χ0) is 36.6. The van der Waals surface area contributed by atoms with Gasteiger partial charge in [0.25, 0.3) is 0 Å². The van der Waals surface area contributed by atoms with Crippen LogP contribution in [0.3, 0.4) is 0 Å². The van der Waals surface area contributed by atoms with Gasteiger partial charge >= 0.3 is 0 Å². The van der Waals surface area contributed by atoms with Crippen LogP contribution in [-0.2, 0) is 10.8 Å². The SMILES string of the molecule is Cc1ccc(N(c2ccc(C)cc2C)c2cc3c(c4ccccc24)-c2cc4c(cc2C3(C)C)-c2cc3cc5ccccc5cc3cc2C4(C)C)c(C)c1. The maximum Gasteiger partial charge on any atom is 0.0543 e. The van der Waals surface area contributed by atoms with Crippen molar-refractivity contribution in [3.63, 3.8) is 0 Å². The van der Waals surface area contributed by atoms with Gasteiger partial charge in [0.1, 0.15) is 0 Å². The Bertz CT molecular complexity index is 2830. The Balaban J connectivity index is 1.22. The van der Waals surface area contributed by atoms with Gasteiger partial charge < -0.3 is 4.90 Å². The van der Waals surface area contributed by atoms with Gasteiger partial charge in [-0.2, -0.15) is 0 Å². The standard InChI is InChI=1S/C52H45N/c1-30-17-19-47(32(3)21-30)53(48-20-18-31(2)22-33(48)4)49-29-46-50(39-16-12-11-15-38(39)49)42-28-44-41(27-45(42)52(46,7)8)40-25-36-23-34-13-9-10-14-35(34)24-37(36)26-43(40)51(44,5)6/h9-29H,1-8H3. The molecule has 8 aromatic rings. The summed E-state index contributed by atoms with van der Waals surface area (Å²) in [6.45, 7) is 18.6. The van der Waals surface area contributed by atoms with Crippen LogP contribution in [0, 0.1) is 27.7 Å². The summed E-state index contributed by atoms with van der Waals surface area (Å²) in [5, 5.41) is 7.81. The molecule has 2 aliphatic rings. The molecular formula is C52H45N. The predicted octanol–water partition coefficient (Wildman–Crippen LogP) is 14.5. The van der Waals surface area contributed by atoms with Crippen LogP contribution in [0.2, 0.25) is 0 Å². The largest absolute Gasteiger partial charge is 0.309 e. The summed E-state index contributed by atoms with van der Waals surface area (Å²) in [7, 11) is 0. The van der Waals surface area contributed by atoms with Crippen LogP contribution in [-0.4, -0.2) is 0 Å². The van der Waals surface area contributed by atoms with Crippen molar-refractivity contribution in [2.45, 2.75) is 66.2 Å². The monoisotopic (exact) mass is 683 g/mol. The number of benzene rings is 8. The molecule has 0 aromatic heterocycles. The molecule has 0 fully saturated rings. The van der Waals surface area contributed by atoms with Crippen molar-refractivity contribution in [3.05, 3.63) is 172 Å². The van der Waals surface area contributed by atoms with E-state index in [1.165, 1.54) is 116 Å². The number of aryl methyl sites for hydroxylation is 4. The van der Waals surface area contributed by atoms with Crippen LogP contribution in [0.4, 0.5) is 17.1 Å². The lowest BCUT2D eigenvalue weighted by molar-refractivity contribution is 0.652. The lowest BCUT2D eigenvalue weighted by atomic mass is 9.79. The summed E-state index contributed by atoms with van der Waals surface area (Å²) in [5.41, 5.74) is 19.7. The number of fused-ring (bicyclic) bond motifs is 10. The third kappa shape index (κ3) is 4.50. The fourth-order valence-corrected chi connectivity index (χ4v) is 9.91. The highest BCUT2D eigenvalue weighted by Crippen LogP contribution is 2.59. The van der Waals surface area contributed by atoms with Crippen LogP contribution in [0.15, 0.2) is 127 Å². The van der Waals surface area contributed by atoms with E-state index in [1.54, 1.807) is 0 Å². The summed E-state index contributed by atoms with van der Waals surface area (Å²) in [6.07, 6.45) is 0. The maximum atomic E-state index is 2.57. The minimum atomic E-state index is -0.200. The van der Waals surface area contributed by atoms with Crippen molar-refractivity contribution < 1.29 is 0 Å². The van der Waals surface area contributed by atoms with E-state index < -0.39 is 0 Å². The highest BCUT2D eigenvalue weighted by atomic mass is 15.1. The average Bonchev–Trinajstić information content (AvgIpc) is 3.49. The first kappa shape index (κ1) is 32.0. The van der Waals surface area contributed by atoms with E-state index in [1.807, 2.05) is 0 Å². The van der Waals surface area contributed by atoms with E-state index >= 15 is 0 Å². The second kappa shape index (κ2) is 10.9. The highest BCUT2D eigenvalue weighted by Gasteiger charge is 2.43. The van der Waals surface area contributed by atoms with E-state index in [0.717, 1.165) is 0 Å². The fraction of sp³-hybridized carbons (Fsp3) is 0.192. The molecule has 0 spiro atoms. The predicted molar refractivity (Wildman–Crippen MR) is 228 cm³/mol. The number of anilines is 3. The number of nitrogens with zero attached hydrogens (tertiary/aromatic N) is 1. The number of hydrogen-bond donors (Lipinski definition) is 0. The topological polar surface area (TPSA) is 3.24 Å². The molecule has 1 nitrogen and oxygen atoms in total. The Hall–Kier alpha value is -5.66. The van der Waals surface area contributed by atoms with Crippen molar-refractivity contribution >= 4 is 49.4 Å². The fourth-order valence-electron chi connectivity index (χ4n) is 9.91. The first-order valence-corrected chi connectivity index (χ1v) is 19.1. The molecular weight excluding hydrogens is 639 g/mol. The Morgan fingerprint density at radius 2 is 0.868 bits per heavy atom. The van der Waals surface area contributed by atoms with Crippen molar-refractivity contribution in [2.75, 3.05) is 4.90 Å². The first-order chi connectivity index (χ1) is 25.4. The minimum Gasteiger partial charge on any atom is -0.309 e. The van der Waals surface area contributed by atoms with E-state index in [4.69, 9.17) is 0 Å². The summed E-state index contributed by atoms with van der Waals surface area (Å²) < 4.78 is 0. The van der Waals surface area contributed by atoms with Gasteiger partial charge in [0.05, 0.1) is 5.69 Å². The normalized spacial score (nSPS) is 14.7. The zero-order valence-corrected chi connectivity index (χ0v) is 32.1.